The minimum Gasteiger partial charge on any atom is -0.457 e. The maximum absolute atomic E-state index is 14.7. The third kappa shape index (κ3) is 7.15. The summed E-state index contributed by atoms with van der Waals surface area (Å²) in [4.78, 5) is 9.63. The quantitative estimate of drug-likeness (QED) is 0.161. The second-order valence-electron chi connectivity index (χ2n) is 18.3. The first kappa shape index (κ1) is 39.0. The van der Waals surface area contributed by atoms with Crippen molar-refractivity contribution in [2.24, 2.45) is 0 Å². The van der Waals surface area contributed by atoms with Crippen LogP contribution in [0, 0.1) is 5.82 Å². The van der Waals surface area contributed by atoms with Crippen LogP contribution in [0.3, 0.4) is 0 Å². The zero-order chi connectivity index (χ0) is 42.8. The molecule has 1 aliphatic heterocycles. The predicted octanol–water partition coefficient (Wildman–Crippen LogP) is 15.3. The highest BCUT2D eigenvalue weighted by molar-refractivity contribution is 6.09. The molecule has 9 aromatic rings. The molecule has 0 bridgehead atoms. The van der Waals surface area contributed by atoms with Crippen molar-refractivity contribution < 1.29 is 9.13 Å². The zero-order valence-electron chi connectivity index (χ0n) is 36.0. The van der Waals surface area contributed by atoms with Crippen molar-refractivity contribution in [1.82, 2.24) is 9.55 Å². The predicted molar refractivity (Wildman–Crippen MR) is 255 cm³/mol. The van der Waals surface area contributed by atoms with Crippen molar-refractivity contribution in [1.29, 1.82) is 0 Å². The van der Waals surface area contributed by atoms with Crippen LogP contribution in [0.5, 0.6) is 11.5 Å². The normalized spacial score (nSPS) is 13.0. The fourth-order valence-corrected chi connectivity index (χ4v) is 8.76. The maximum atomic E-state index is 14.7. The number of halogens is 1. The molecule has 0 aliphatic carbocycles. The summed E-state index contributed by atoms with van der Waals surface area (Å²) < 4.78 is 23.6. The molecule has 3 heterocycles. The summed E-state index contributed by atoms with van der Waals surface area (Å²) in [6.45, 7) is 14.0. The van der Waals surface area contributed by atoms with E-state index in [0.29, 0.717) is 18.2 Å². The Morgan fingerprint density at radius 3 is 2.02 bits per heavy atom. The van der Waals surface area contributed by atoms with Crippen LogP contribution in [0.2, 0.25) is 0 Å². The van der Waals surface area contributed by atoms with Gasteiger partial charge in [-0.05, 0) is 118 Å². The third-order valence-corrected chi connectivity index (χ3v) is 12.1. The van der Waals surface area contributed by atoms with Crippen LogP contribution in [-0.4, -0.2) is 16.2 Å². The van der Waals surface area contributed by atoms with Gasteiger partial charge < -0.3 is 14.5 Å². The Morgan fingerprint density at radius 2 is 1.21 bits per heavy atom. The van der Waals surface area contributed by atoms with Gasteiger partial charge in [0.1, 0.15) is 29.8 Å². The molecule has 0 unspecified atom stereocenters. The first-order chi connectivity index (χ1) is 29.9. The molecule has 62 heavy (non-hydrogen) atoms. The highest BCUT2D eigenvalue weighted by Gasteiger charge is 2.32. The van der Waals surface area contributed by atoms with E-state index in [2.05, 4.69) is 183 Å². The highest BCUT2D eigenvalue weighted by Crippen LogP contribution is 2.50. The Kier molecular flexibility index (Phi) is 9.48. The SMILES string of the molecule is CC(C)(C)c1cccc(N2CN(c3cccc(Oc4ccc5c6cc(F)ccc6n(-c6cc(C(C)(C)C)ccn6)c5c4)c3)c3cccc(-c4cccc(-c5ccccc5)c4)c32)c1. The Morgan fingerprint density at radius 1 is 0.516 bits per heavy atom. The van der Waals surface area contributed by atoms with E-state index in [1.165, 1.54) is 33.9 Å². The summed E-state index contributed by atoms with van der Waals surface area (Å²) in [5.41, 5.74) is 13.3. The number of ether oxygens (including phenoxy) is 1. The van der Waals surface area contributed by atoms with Crippen molar-refractivity contribution in [3.05, 3.63) is 193 Å². The van der Waals surface area contributed by atoms with E-state index in [4.69, 9.17) is 9.72 Å². The van der Waals surface area contributed by atoms with Gasteiger partial charge in [-0.25, -0.2) is 9.37 Å². The van der Waals surface area contributed by atoms with E-state index >= 15 is 0 Å². The molecule has 7 aromatic carbocycles. The Labute approximate surface area is 363 Å². The van der Waals surface area contributed by atoms with Gasteiger partial charge in [0.05, 0.1) is 22.4 Å². The molecule has 0 saturated heterocycles. The number of hydrogen-bond acceptors (Lipinski definition) is 4. The van der Waals surface area contributed by atoms with Gasteiger partial charge in [0.2, 0.25) is 0 Å². The minimum atomic E-state index is -0.276. The molecular weight excluding hydrogens is 764 g/mol. The largest absolute Gasteiger partial charge is 0.457 e. The highest BCUT2D eigenvalue weighted by atomic mass is 19.1. The topological polar surface area (TPSA) is 33.5 Å². The first-order valence-corrected chi connectivity index (χ1v) is 21.3. The molecule has 0 saturated carbocycles. The van der Waals surface area contributed by atoms with E-state index in [1.807, 2.05) is 36.5 Å². The summed E-state index contributed by atoms with van der Waals surface area (Å²) in [7, 11) is 0. The maximum Gasteiger partial charge on any atom is 0.137 e. The van der Waals surface area contributed by atoms with Gasteiger partial charge >= 0.3 is 0 Å². The monoisotopic (exact) mass is 812 g/mol. The van der Waals surface area contributed by atoms with Crippen LogP contribution in [0.1, 0.15) is 52.7 Å². The summed E-state index contributed by atoms with van der Waals surface area (Å²) in [5, 5.41) is 1.76. The number of para-hydroxylation sites is 1. The molecule has 0 radical (unpaired) electrons. The van der Waals surface area contributed by atoms with E-state index in [1.54, 1.807) is 6.07 Å². The van der Waals surface area contributed by atoms with Crippen molar-refractivity contribution in [2.45, 2.75) is 52.4 Å². The number of pyridine rings is 1. The molecule has 0 amide bonds. The molecular formula is C56H49FN4O. The molecule has 0 spiro atoms. The van der Waals surface area contributed by atoms with E-state index in [-0.39, 0.29) is 16.6 Å². The molecule has 2 aromatic heterocycles. The van der Waals surface area contributed by atoms with Crippen molar-refractivity contribution in [3.8, 4) is 39.6 Å². The van der Waals surface area contributed by atoms with Crippen LogP contribution in [0.25, 0.3) is 49.9 Å². The van der Waals surface area contributed by atoms with Gasteiger partial charge in [0.15, 0.2) is 0 Å². The molecule has 0 atom stereocenters. The average Bonchev–Trinajstić information content (AvgIpc) is 3.82. The van der Waals surface area contributed by atoms with E-state index in [9.17, 15) is 4.39 Å². The number of benzene rings is 7. The van der Waals surface area contributed by atoms with Gasteiger partial charge in [-0.15, -0.1) is 0 Å². The average molecular weight is 813 g/mol. The summed E-state index contributed by atoms with van der Waals surface area (Å²) >= 11 is 0. The lowest BCUT2D eigenvalue weighted by atomic mass is 9.87. The van der Waals surface area contributed by atoms with Crippen LogP contribution in [0.15, 0.2) is 176 Å². The van der Waals surface area contributed by atoms with Crippen molar-refractivity contribution in [2.75, 3.05) is 16.5 Å². The number of rotatable bonds is 7. The second-order valence-corrected chi connectivity index (χ2v) is 18.3. The van der Waals surface area contributed by atoms with E-state index in [0.717, 1.165) is 55.9 Å². The van der Waals surface area contributed by atoms with Crippen molar-refractivity contribution >= 4 is 44.6 Å². The Hall–Kier alpha value is -7.18. The van der Waals surface area contributed by atoms with Crippen LogP contribution < -0.4 is 14.5 Å². The van der Waals surface area contributed by atoms with Crippen LogP contribution >= 0.6 is 0 Å². The number of nitrogens with zero attached hydrogens (tertiary/aromatic N) is 4. The van der Waals surface area contributed by atoms with Gasteiger partial charge in [0, 0.05) is 46.0 Å². The second kappa shape index (κ2) is 15.1. The van der Waals surface area contributed by atoms with Crippen LogP contribution in [0.4, 0.5) is 27.1 Å². The molecule has 6 heteroatoms. The van der Waals surface area contributed by atoms with Gasteiger partial charge in [-0.1, -0.05) is 120 Å². The first-order valence-electron chi connectivity index (χ1n) is 21.3. The third-order valence-electron chi connectivity index (χ3n) is 12.1. The van der Waals surface area contributed by atoms with Gasteiger partial charge in [-0.3, -0.25) is 4.57 Å². The molecule has 10 rings (SSSR count). The number of fused-ring (bicyclic) bond motifs is 4. The molecule has 0 fully saturated rings. The Bertz CT molecular complexity index is 3140. The van der Waals surface area contributed by atoms with Crippen molar-refractivity contribution in [3.63, 3.8) is 0 Å². The fourth-order valence-electron chi connectivity index (χ4n) is 8.76. The lowest BCUT2D eigenvalue weighted by Gasteiger charge is -2.26. The lowest BCUT2D eigenvalue weighted by molar-refractivity contribution is 0.483. The van der Waals surface area contributed by atoms with Crippen LogP contribution in [-0.2, 0) is 10.8 Å². The summed E-state index contributed by atoms with van der Waals surface area (Å²) in [6, 6.07) is 58.5. The fraction of sp³-hybridized carbons (Fsp3) is 0.161. The van der Waals surface area contributed by atoms with Gasteiger partial charge in [-0.2, -0.15) is 0 Å². The van der Waals surface area contributed by atoms with Gasteiger partial charge in [0.25, 0.3) is 0 Å². The molecule has 1 aliphatic rings. The summed E-state index contributed by atoms with van der Waals surface area (Å²) in [5.74, 6) is 1.89. The smallest absolute Gasteiger partial charge is 0.137 e. The number of aromatic nitrogens is 2. The molecule has 5 nitrogen and oxygen atoms in total. The molecule has 0 N–H and O–H groups in total. The zero-order valence-corrected chi connectivity index (χ0v) is 36.0. The van der Waals surface area contributed by atoms with E-state index < -0.39 is 0 Å². The minimum absolute atomic E-state index is 0.00596. The molecule has 306 valence electrons. The number of hydrogen-bond donors (Lipinski definition) is 0. The lowest BCUT2D eigenvalue weighted by Crippen LogP contribution is -2.24. The number of anilines is 4. The Balaban J connectivity index is 1.05. The summed E-state index contributed by atoms with van der Waals surface area (Å²) in [6.07, 6.45) is 1.85. The standard InChI is InChI=1S/C56H49FN4O/c1-55(2,3)40-18-11-19-43(31-40)60-36-59(51-23-13-22-47(54(51)60)39-17-10-16-38(30-39)37-14-8-7-9-15-37)44-20-12-21-45(34-44)62-46-25-26-48-49-33-42(57)24-27-50(49)61(52(48)35-46)53-32-41(28-29-58-53)56(4,5)6/h7-35H,36H2,1-6H3.